The zero-order valence-corrected chi connectivity index (χ0v) is 12.6. The number of aliphatic hydroxyl groups is 1. The molecule has 0 aliphatic rings. The number of halogens is 2. The van der Waals surface area contributed by atoms with E-state index in [-0.39, 0.29) is 16.7 Å². The molecule has 0 heterocycles. The largest absolute Gasteiger partial charge is 0.395 e. The van der Waals surface area contributed by atoms with Crippen molar-refractivity contribution in [2.75, 3.05) is 19.7 Å². The number of nitrogens with one attached hydrogen (secondary N) is 1. The summed E-state index contributed by atoms with van der Waals surface area (Å²) in [4.78, 5) is 13.7. The fourth-order valence-corrected chi connectivity index (χ4v) is 2.25. The van der Waals surface area contributed by atoms with Crippen LogP contribution in [-0.4, -0.2) is 40.7 Å². The summed E-state index contributed by atoms with van der Waals surface area (Å²) in [6, 6.07) is 4.61. The number of carbonyl (C=O) groups excluding carboxylic acids is 1. The third-order valence-corrected chi connectivity index (χ3v) is 3.34. The van der Waals surface area contributed by atoms with E-state index < -0.39 is 5.91 Å². The summed E-state index contributed by atoms with van der Waals surface area (Å²) in [7, 11) is 0. The van der Waals surface area contributed by atoms with Crippen LogP contribution in [0.3, 0.4) is 0 Å². The third-order valence-electron chi connectivity index (χ3n) is 2.44. The summed E-state index contributed by atoms with van der Waals surface area (Å²) in [6.45, 7) is 2.80. The molecule has 0 aliphatic heterocycles. The Bertz CT molecular complexity index is 483. The van der Waals surface area contributed by atoms with E-state index in [1.807, 2.05) is 6.92 Å². The average Bonchev–Trinajstić information content (AvgIpc) is 2.35. The molecule has 7 heteroatoms. The molecule has 0 unspecified atom stereocenters. The molecule has 1 amide bonds. The van der Waals surface area contributed by atoms with Crippen LogP contribution in [0.5, 0.6) is 0 Å². The van der Waals surface area contributed by atoms with Crippen LogP contribution in [0.4, 0.5) is 0 Å². The van der Waals surface area contributed by atoms with Gasteiger partial charge in [0.25, 0.3) is 5.91 Å². The summed E-state index contributed by atoms with van der Waals surface area (Å²) in [5.74, 6) is -0.400. The van der Waals surface area contributed by atoms with Crippen molar-refractivity contribution in [3.63, 3.8) is 0 Å². The second kappa shape index (κ2) is 7.65. The highest BCUT2D eigenvalue weighted by Gasteiger charge is 2.14. The first-order valence-corrected chi connectivity index (χ1v) is 6.82. The summed E-state index contributed by atoms with van der Waals surface area (Å²) in [5, 5.41) is 12.4. The molecule has 0 radical (unpaired) electrons. The lowest BCUT2D eigenvalue weighted by Crippen LogP contribution is -2.43. The molecule has 2 N–H and O–H groups in total. The zero-order valence-electron chi connectivity index (χ0n) is 10.3. The van der Waals surface area contributed by atoms with Gasteiger partial charge in [0.05, 0.1) is 17.2 Å². The monoisotopic (exact) mass is 320 g/mol. The van der Waals surface area contributed by atoms with E-state index in [2.05, 4.69) is 5.32 Å². The van der Waals surface area contributed by atoms with Crippen LogP contribution in [0.15, 0.2) is 18.2 Å². The van der Waals surface area contributed by atoms with Crippen molar-refractivity contribution in [3.8, 4) is 0 Å². The second-order valence-corrected chi connectivity index (χ2v) is 4.92. The van der Waals surface area contributed by atoms with E-state index in [4.69, 9.17) is 40.5 Å². The van der Waals surface area contributed by atoms with Gasteiger partial charge in [0.1, 0.15) is 0 Å². The number of rotatable bonds is 4. The van der Waals surface area contributed by atoms with E-state index in [1.165, 1.54) is 12.1 Å². The number of aliphatic hydroxyl groups excluding tert-OH is 1. The fraction of sp³-hybridized carbons (Fsp3) is 0.333. The summed E-state index contributed by atoms with van der Waals surface area (Å²) < 4.78 is 0. The molecule has 0 aromatic heterocycles. The Kier molecular flexibility index (Phi) is 6.51. The molecule has 0 bridgehead atoms. The van der Waals surface area contributed by atoms with Gasteiger partial charge in [-0.15, -0.1) is 0 Å². The normalized spacial score (nSPS) is 10.1. The molecular weight excluding hydrogens is 307 g/mol. The van der Waals surface area contributed by atoms with E-state index in [0.717, 1.165) is 0 Å². The standard InChI is InChI=1S/C12H14Cl2N2O2S/c1-2-16(5-6-17)12(19)15-11(18)9-4-3-8(13)7-10(9)14/h3-4,7,17H,2,5-6H2,1H3,(H,15,18,19). The van der Waals surface area contributed by atoms with Crippen molar-refractivity contribution in [3.05, 3.63) is 33.8 Å². The Morgan fingerprint density at radius 1 is 1.47 bits per heavy atom. The van der Waals surface area contributed by atoms with Crippen LogP contribution in [0, 0.1) is 0 Å². The van der Waals surface area contributed by atoms with Gasteiger partial charge in [-0.1, -0.05) is 23.2 Å². The van der Waals surface area contributed by atoms with Gasteiger partial charge < -0.3 is 10.0 Å². The molecule has 0 saturated carbocycles. The van der Waals surface area contributed by atoms with Gasteiger partial charge in [0.2, 0.25) is 0 Å². The highest BCUT2D eigenvalue weighted by Crippen LogP contribution is 2.20. The lowest BCUT2D eigenvalue weighted by atomic mass is 10.2. The quantitative estimate of drug-likeness (QED) is 0.836. The highest BCUT2D eigenvalue weighted by atomic mass is 35.5. The van der Waals surface area contributed by atoms with Crippen molar-refractivity contribution in [1.29, 1.82) is 0 Å². The summed E-state index contributed by atoms with van der Waals surface area (Å²) in [5.41, 5.74) is 0.300. The highest BCUT2D eigenvalue weighted by molar-refractivity contribution is 7.80. The molecule has 0 saturated heterocycles. The Morgan fingerprint density at radius 2 is 2.16 bits per heavy atom. The number of hydrogen-bond acceptors (Lipinski definition) is 3. The molecule has 104 valence electrons. The van der Waals surface area contributed by atoms with Crippen LogP contribution in [0.25, 0.3) is 0 Å². The van der Waals surface area contributed by atoms with Crippen LogP contribution < -0.4 is 5.32 Å². The molecular formula is C12H14Cl2N2O2S. The lowest BCUT2D eigenvalue weighted by molar-refractivity contribution is 0.0972. The topological polar surface area (TPSA) is 52.6 Å². The number of carbonyl (C=O) groups is 1. The maximum Gasteiger partial charge on any atom is 0.258 e. The fourth-order valence-electron chi connectivity index (χ4n) is 1.44. The predicted molar refractivity (Wildman–Crippen MR) is 80.9 cm³/mol. The van der Waals surface area contributed by atoms with Gasteiger partial charge in [0.15, 0.2) is 5.11 Å². The van der Waals surface area contributed by atoms with Crippen LogP contribution in [0.1, 0.15) is 17.3 Å². The van der Waals surface area contributed by atoms with E-state index in [0.29, 0.717) is 23.7 Å². The minimum Gasteiger partial charge on any atom is -0.395 e. The molecule has 0 aliphatic carbocycles. The second-order valence-electron chi connectivity index (χ2n) is 3.69. The summed E-state index contributed by atoms with van der Waals surface area (Å²) in [6.07, 6.45) is 0. The zero-order chi connectivity index (χ0) is 14.4. The molecule has 1 aromatic carbocycles. The van der Waals surface area contributed by atoms with Crippen LogP contribution >= 0.6 is 35.4 Å². The number of nitrogens with zero attached hydrogens (tertiary/aromatic N) is 1. The van der Waals surface area contributed by atoms with Gasteiger partial charge in [-0.05, 0) is 37.3 Å². The number of thiocarbonyl (C=S) groups is 1. The van der Waals surface area contributed by atoms with Crippen molar-refractivity contribution in [1.82, 2.24) is 10.2 Å². The lowest BCUT2D eigenvalue weighted by Gasteiger charge is -2.22. The average molecular weight is 321 g/mol. The van der Waals surface area contributed by atoms with Crippen molar-refractivity contribution >= 4 is 46.4 Å². The number of amides is 1. The first kappa shape index (κ1) is 16.2. The first-order chi connectivity index (χ1) is 8.99. The molecule has 4 nitrogen and oxygen atoms in total. The summed E-state index contributed by atoms with van der Waals surface area (Å²) >= 11 is 16.8. The molecule has 0 fully saturated rings. The van der Waals surface area contributed by atoms with Crippen molar-refractivity contribution in [2.45, 2.75) is 6.92 Å². The first-order valence-electron chi connectivity index (χ1n) is 5.65. The Balaban J connectivity index is 2.76. The molecule has 0 atom stereocenters. The number of hydrogen-bond donors (Lipinski definition) is 2. The van der Waals surface area contributed by atoms with Gasteiger partial charge in [-0.2, -0.15) is 0 Å². The van der Waals surface area contributed by atoms with Crippen LogP contribution in [-0.2, 0) is 0 Å². The molecule has 0 spiro atoms. The van der Waals surface area contributed by atoms with Gasteiger partial charge in [0, 0.05) is 18.1 Å². The Morgan fingerprint density at radius 3 is 2.68 bits per heavy atom. The smallest absolute Gasteiger partial charge is 0.258 e. The van der Waals surface area contributed by atoms with Gasteiger partial charge in [-0.25, -0.2) is 0 Å². The number of benzene rings is 1. The Hall–Kier alpha value is -0.880. The van der Waals surface area contributed by atoms with E-state index >= 15 is 0 Å². The van der Waals surface area contributed by atoms with Gasteiger partial charge in [-0.3, -0.25) is 10.1 Å². The van der Waals surface area contributed by atoms with Crippen molar-refractivity contribution in [2.24, 2.45) is 0 Å². The molecule has 1 aromatic rings. The third kappa shape index (κ3) is 4.62. The Labute approximate surface area is 127 Å². The minimum atomic E-state index is -0.400. The predicted octanol–water partition coefficient (Wildman–Crippen LogP) is 2.32. The van der Waals surface area contributed by atoms with Crippen LogP contribution in [0.2, 0.25) is 10.0 Å². The van der Waals surface area contributed by atoms with Gasteiger partial charge >= 0.3 is 0 Å². The molecule has 19 heavy (non-hydrogen) atoms. The number of likely N-dealkylation sites (N-methyl/N-ethyl adjacent to an activating group) is 1. The molecule has 1 rings (SSSR count). The van der Waals surface area contributed by atoms with Crippen molar-refractivity contribution < 1.29 is 9.90 Å². The van der Waals surface area contributed by atoms with E-state index in [9.17, 15) is 4.79 Å². The minimum absolute atomic E-state index is 0.0362. The SMILES string of the molecule is CCN(CCO)C(=S)NC(=O)c1ccc(Cl)cc1Cl. The maximum absolute atomic E-state index is 12.0. The van der Waals surface area contributed by atoms with E-state index in [1.54, 1.807) is 11.0 Å². The maximum atomic E-state index is 12.0.